The first kappa shape index (κ1) is 21.6. The van der Waals surface area contributed by atoms with Crippen LogP contribution in [0.4, 0.5) is 0 Å². The number of rotatable bonds is 8. The predicted octanol–water partition coefficient (Wildman–Crippen LogP) is 3.55. The van der Waals surface area contributed by atoms with E-state index in [-0.39, 0.29) is 6.04 Å². The van der Waals surface area contributed by atoms with E-state index in [2.05, 4.69) is 72.8 Å². The molecule has 30 heavy (non-hydrogen) atoms. The van der Waals surface area contributed by atoms with Gasteiger partial charge in [-0.2, -0.15) is 10.2 Å². The van der Waals surface area contributed by atoms with E-state index in [0.717, 1.165) is 36.7 Å². The maximum Gasteiger partial charge on any atom is 0.192 e. The number of benzene rings is 1. The van der Waals surface area contributed by atoms with Crippen LogP contribution in [0.5, 0.6) is 0 Å². The van der Waals surface area contributed by atoms with Gasteiger partial charge < -0.3 is 10.6 Å². The quantitative estimate of drug-likeness (QED) is 0.442. The van der Waals surface area contributed by atoms with Crippen molar-refractivity contribution < 1.29 is 0 Å². The van der Waals surface area contributed by atoms with Crippen LogP contribution in [0.2, 0.25) is 0 Å². The van der Waals surface area contributed by atoms with Gasteiger partial charge in [-0.25, -0.2) is 9.67 Å². The summed E-state index contributed by atoms with van der Waals surface area (Å²) < 4.78 is 3.86. The zero-order chi connectivity index (χ0) is 21.5. The summed E-state index contributed by atoms with van der Waals surface area (Å²) in [7, 11) is 2.02. The largest absolute Gasteiger partial charge is 0.357 e. The van der Waals surface area contributed by atoms with Crippen molar-refractivity contribution in [3.8, 4) is 5.69 Å². The number of nitrogens with zero attached hydrogens (tertiary/aromatic N) is 5. The van der Waals surface area contributed by atoms with Crippen molar-refractivity contribution in [3.05, 3.63) is 65.2 Å². The van der Waals surface area contributed by atoms with Gasteiger partial charge >= 0.3 is 0 Å². The number of nitrogens with one attached hydrogen (secondary N) is 2. The summed E-state index contributed by atoms with van der Waals surface area (Å²) >= 11 is 0. The van der Waals surface area contributed by atoms with E-state index in [1.165, 1.54) is 16.8 Å². The Balaban J connectivity index is 1.78. The van der Waals surface area contributed by atoms with E-state index in [0.29, 0.717) is 6.54 Å². The minimum absolute atomic E-state index is 0.100. The van der Waals surface area contributed by atoms with Gasteiger partial charge in [-0.3, -0.25) is 4.68 Å². The monoisotopic (exact) mass is 407 g/mol. The Kier molecular flexibility index (Phi) is 7.27. The number of hydrogen-bond acceptors (Lipinski definition) is 3. The molecule has 3 aromatic rings. The molecule has 1 atom stereocenters. The zero-order valence-electron chi connectivity index (χ0n) is 18.7. The average molecular weight is 408 g/mol. The summed E-state index contributed by atoms with van der Waals surface area (Å²) in [6, 6.07) is 10.4. The van der Waals surface area contributed by atoms with Gasteiger partial charge in [-0.05, 0) is 50.5 Å². The minimum Gasteiger partial charge on any atom is -0.357 e. The lowest BCUT2D eigenvalue weighted by Gasteiger charge is -2.19. The first-order chi connectivity index (χ1) is 14.6. The molecule has 0 aliphatic carbocycles. The summed E-state index contributed by atoms with van der Waals surface area (Å²) in [6.07, 6.45) is 5.61. The Morgan fingerprint density at radius 1 is 1.17 bits per heavy atom. The number of aromatic nitrogens is 4. The number of aliphatic imine (C=N–C) groups is 1. The van der Waals surface area contributed by atoms with Crippen molar-refractivity contribution in [1.29, 1.82) is 0 Å². The molecule has 1 aromatic carbocycles. The van der Waals surface area contributed by atoms with Crippen LogP contribution in [0.1, 0.15) is 56.3 Å². The van der Waals surface area contributed by atoms with Gasteiger partial charge in [0, 0.05) is 37.2 Å². The third-order valence-electron chi connectivity index (χ3n) is 5.26. The molecule has 0 radical (unpaired) electrons. The summed E-state index contributed by atoms with van der Waals surface area (Å²) in [5.41, 5.74) is 5.86. The summed E-state index contributed by atoms with van der Waals surface area (Å²) in [4.78, 5) is 4.88. The number of aryl methyl sites for hydroxylation is 2. The first-order valence-electron chi connectivity index (χ1n) is 10.8. The van der Waals surface area contributed by atoms with Crippen LogP contribution in [0.3, 0.4) is 0 Å². The van der Waals surface area contributed by atoms with Crippen LogP contribution in [-0.4, -0.2) is 32.1 Å². The maximum atomic E-state index is 4.88. The molecule has 0 aliphatic heterocycles. The van der Waals surface area contributed by atoms with Crippen molar-refractivity contribution in [1.82, 2.24) is 30.2 Å². The molecule has 2 N–H and O–H groups in total. The van der Waals surface area contributed by atoms with Gasteiger partial charge in [0.15, 0.2) is 5.96 Å². The molecule has 0 amide bonds. The first-order valence-corrected chi connectivity index (χ1v) is 10.8. The van der Waals surface area contributed by atoms with Crippen molar-refractivity contribution in [2.45, 2.75) is 53.1 Å². The topological polar surface area (TPSA) is 72.1 Å². The van der Waals surface area contributed by atoms with Crippen molar-refractivity contribution in [2.24, 2.45) is 12.0 Å². The second-order valence-corrected chi connectivity index (χ2v) is 7.31. The molecule has 0 fully saturated rings. The fourth-order valence-electron chi connectivity index (χ4n) is 3.70. The third kappa shape index (κ3) is 4.90. The van der Waals surface area contributed by atoms with Gasteiger partial charge in [-0.1, -0.05) is 26.0 Å². The maximum absolute atomic E-state index is 4.88. The van der Waals surface area contributed by atoms with Crippen LogP contribution in [-0.2, 0) is 26.4 Å². The predicted molar refractivity (Wildman–Crippen MR) is 122 cm³/mol. The number of guanidine groups is 1. The molecule has 0 spiro atoms. The van der Waals surface area contributed by atoms with Crippen molar-refractivity contribution in [3.63, 3.8) is 0 Å². The van der Waals surface area contributed by atoms with E-state index < -0.39 is 0 Å². The Hall–Kier alpha value is -3.09. The molecule has 0 aliphatic rings. The number of hydrogen-bond donors (Lipinski definition) is 2. The van der Waals surface area contributed by atoms with Gasteiger partial charge in [0.05, 0.1) is 24.0 Å². The van der Waals surface area contributed by atoms with Gasteiger partial charge in [-0.15, -0.1) is 0 Å². The Bertz CT molecular complexity index is 970. The molecular weight excluding hydrogens is 374 g/mol. The van der Waals surface area contributed by atoms with E-state index in [9.17, 15) is 0 Å². The molecule has 2 heterocycles. The minimum atomic E-state index is 0.100. The van der Waals surface area contributed by atoms with E-state index in [4.69, 9.17) is 4.99 Å². The Labute approximate surface area is 179 Å². The highest BCUT2D eigenvalue weighted by Gasteiger charge is 2.14. The van der Waals surface area contributed by atoms with E-state index >= 15 is 0 Å². The highest BCUT2D eigenvalue weighted by molar-refractivity contribution is 5.80. The molecule has 0 saturated carbocycles. The van der Waals surface area contributed by atoms with Crippen LogP contribution in [0.25, 0.3) is 5.69 Å². The van der Waals surface area contributed by atoms with E-state index in [1.807, 2.05) is 28.7 Å². The van der Waals surface area contributed by atoms with Crippen molar-refractivity contribution in [2.75, 3.05) is 6.54 Å². The lowest BCUT2D eigenvalue weighted by atomic mass is 10.1. The molecule has 0 bridgehead atoms. The second kappa shape index (κ2) is 10.1. The fraction of sp³-hybridized carbons (Fsp3) is 0.435. The van der Waals surface area contributed by atoms with Crippen molar-refractivity contribution >= 4 is 5.96 Å². The van der Waals surface area contributed by atoms with Gasteiger partial charge in [0.25, 0.3) is 0 Å². The smallest absolute Gasteiger partial charge is 0.192 e. The molecule has 160 valence electrons. The van der Waals surface area contributed by atoms with Crippen LogP contribution < -0.4 is 10.6 Å². The molecule has 7 heteroatoms. The van der Waals surface area contributed by atoms with Crippen LogP contribution in [0.15, 0.2) is 47.7 Å². The van der Waals surface area contributed by atoms with Gasteiger partial charge in [0.1, 0.15) is 0 Å². The lowest BCUT2D eigenvalue weighted by molar-refractivity contribution is 0.684. The standard InChI is InChI=1S/C23H33N7/c1-6-21-20(22(7-2)29(5)28-21)16-25-23(24-8-3)27-17(4)18-11-9-12-19(15-18)30-14-10-13-26-30/h9-15,17H,6-8,16H2,1-5H3,(H2,24,25,27). The van der Waals surface area contributed by atoms with E-state index in [1.54, 1.807) is 6.20 Å². The fourth-order valence-corrected chi connectivity index (χ4v) is 3.70. The average Bonchev–Trinajstić information content (AvgIpc) is 3.39. The summed E-state index contributed by atoms with van der Waals surface area (Å²) in [5.74, 6) is 0.808. The zero-order valence-corrected chi connectivity index (χ0v) is 18.7. The molecule has 7 nitrogen and oxygen atoms in total. The molecule has 1 unspecified atom stereocenters. The lowest BCUT2D eigenvalue weighted by Crippen LogP contribution is -2.38. The normalized spacial score (nSPS) is 12.8. The third-order valence-corrected chi connectivity index (χ3v) is 5.26. The highest BCUT2D eigenvalue weighted by Crippen LogP contribution is 2.18. The Morgan fingerprint density at radius 3 is 2.67 bits per heavy atom. The van der Waals surface area contributed by atoms with Crippen LogP contribution >= 0.6 is 0 Å². The SMILES string of the molecule is CCNC(=NCc1c(CC)nn(C)c1CC)NC(C)c1cccc(-n2cccn2)c1. The van der Waals surface area contributed by atoms with Crippen LogP contribution in [0, 0.1) is 0 Å². The Morgan fingerprint density at radius 2 is 2.00 bits per heavy atom. The molecule has 3 rings (SSSR count). The second-order valence-electron chi connectivity index (χ2n) is 7.31. The molecule has 2 aromatic heterocycles. The highest BCUT2D eigenvalue weighted by atomic mass is 15.3. The summed E-state index contributed by atoms with van der Waals surface area (Å²) in [5, 5.41) is 15.9. The van der Waals surface area contributed by atoms with Gasteiger partial charge in [0.2, 0.25) is 0 Å². The summed E-state index contributed by atoms with van der Waals surface area (Å²) in [6.45, 7) is 9.97. The molecule has 0 saturated heterocycles. The molecular formula is C23H33N7.